The van der Waals surface area contributed by atoms with Crippen molar-refractivity contribution in [3.63, 3.8) is 0 Å². The Bertz CT molecular complexity index is 157. The van der Waals surface area contributed by atoms with Crippen LogP contribution in [0.4, 0.5) is 0 Å². The normalized spacial score (nSPS) is 13.1. The topological polar surface area (TPSA) is 9.72 Å². The summed E-state index contributed by atoms with van der Waals surface area (Å²) >= 11 is 0. The van der Waals surface area contributed by atoms with Crippen molar-refractivity contribution < 1.29 is 0 Å². The first-order valence-electron chi connectivity index (χ1n) is 6.55. The van der Waals surface area contributed by atoms with Crippen LogP contribution in [0.5, 0.6) is 0 Å². The van der Waals surface area contributed by atoms with Crippen LogP contribution in [-0.2, 0) is 0 Å². The molecule has 0 saturated carbocycles. The lowest BCUT2D eigenvalue weighted by molar-refractivity contribution is 0.203. The molecule has 1 radical (unpaired) electrons. The van der Waals surface area contributed by atoms with E-state index in [1.165, 1.54) is 19.3 Å². The molecule has 0 N–H and O–H groups in total. The molecular weight excluding hydrogens is 210 g/mol. The standard InChI is InChI=1S/C14H32N3/c1-14(8-11-15(2)3,9-12-16(4)5)10-13-17(6)7/h1,8-13H2,2-7H3. The smallest absolute Gasteiger partial charge is 0.00195 e. The van der Waals surface area contributed by atoms with Crippen LogP contribution in [0, 0.1) is 12.3 Å². The fraction of sp³-hybridized carbons (Fsp3) is 0.929. The number of hydrogen-bond acceptors (Lipinski definition) is 3. The zero-order valence-corrected chi connectivity index (χ0v) is 12.8. The highest BCUT2D eigenvalue weighted by atomic mass is 15.1. The highest BCUT2D eigenvalue weighted by molar-refractivity contribution is 4.84. The van der Waals surface area contributed by atoms with Gasteiger partial charge in [-0.15, -0.1) is 0 Å². The van der Waals surface area contributed by atoms with Gasteiger partial charge in [-0.1, -0.05) is 0 Å². The van der Waals surface area contributed by atoms with Crippen molar-refractivity contribution in [3.05, 3.63) is 6.92 Å². The molecule has 0 aliphatic carbocycles. The van der Waals surface area contributed by atoms with Gasteiger partial charge in [0.25, 0.3) is 0 Å². The third-order valence-electron chi connectivity index (χ3n) is 3.27. The number of rotatable bonds is 9. The largest absolute Gasteiger partial charge is 0.309 e. The Morgan fingerprint density at radius 3 is 1.06 bits per heavy atom. The Kier molecular flexibility index (Phi) is 8.01. The maximum absolute atomic E-state index is 4.51. The number of nitrogens with zero attached hydrogens (tertiary/aromatic N) is 3. The lowest BCUT2D eigenvalue weighted by Crippen LogP contribution is -2.31. The molecule has 0 aromatic rings. The van der Waals surface area contributed by atoms with E-state index in [9.17, 15) is 0 Å². The molecule has 0 spiro atoms. The van der Waals surface area contributed by atoms with E-state index >= 15 is 0 Å². The second kappa shape index (κ2) is 8.06. The molecule has 0 fully saturated rings. The van der Waals surface area contributed by atoms with Gasteiger partial charge in [0.15, 0.2) is 0 Å². The van der Waals surface area contributed by atoms with Gasteiger partial charge in [-0.05, 0) is 93.5 Å². The van der Waals surface area contributed by atoms with Gasteiger partial charge in [0, 0.05) is 0 Å². The van der Waals surface area contributed by atoms with Crippen molar-refractivity contribution in [1.29, 1.82) is 0 Å². The molecule has 0 rings (SSSR count). The lowest BCUT2D eigenvalue weighted by atomic mass is 9.79. The average molecular weight is 242 g/mol. The van der Waals surface area contributed by atoms with E-state index in [4.69, 9.17) is 0 Å². The molecule has 0 atom stereocenters. The second-order valence-electron chi connectivity index (χ2n) is 6.16. The fourth-order valence-electron chi connectivity index (χ4n) is 1.76. The minimum Gasteiger partial charge on any atom is -0.309 e. The van der Waals surface area contributed by atoms with Crippen LogP contribution >= 0.6 is 0 Å². The van der Waals surface area contributed by atoms with Gasteiger partial charge < -0.3 is 14.7 Å². The Labute approximate surface area is 109 Å². The molecule has 0 amide bonds. The summed E-state index contributed by atoms with van der Waals surface area (Å²) in [6, 6.07) is 0. The molecule has 17 heavy (non-hydrogen) atoms. The monoisotopic (exact) mass is 242 g/mol. The van der Waals surface area contributed by atoms with Gasteiger partial charge in [0.2, 0.25) is 0 Å². The Morgan fingerprint density at radius 2 is 0.882 bits per heavy atom. The molecule has 0 aliphatic rings. The zero-order valence-electron chi connectivity index (χ0n) is 12.8. The molecule has 0 aliphatic heterocycles. The van der Waals surface area contributed by atoms with E-state index < -0.39 is 0 Å². The van der Waals surface area contributed by atoms with E-state index in [1.807, 2.05) is 0 Å². The van der Waals surface area contributed by atoms with Crippen LogP contribution in [0.2, 0.25) is 0 Å². The van der Waals surface area contributed by atoms with Crippen molar-refractivity contribution in [2.24, 2.45) is 5.41 Å². The van der Waals surface area contributed by atoms with Crippen molar-refractivity contribution in [1.82, 2.24) is 14.7 Å². The summed E-state index contributed by atoms with van der Waals surface area (Å²) in [5, 5.41) is 0. The molecule has 0 unspecified atom stereocenters. The van der Waals surface area contributed by atoms with Crippen LogP contribution in [-0.4, -0.2) is 76.6 Å². The molecule has 0 heterocycles. The van der Waals surface area contributed by atoms with Gasteiger partial charge in [-0.25, -0.2) is 0 Å². The van der Waals surface area contributed by atoms with Crippen LogP contribution < -0.4 is 0 Å². The first-order valence-corrected chi connectivity index (χ1v) is 6.55. The Hall–Kier alpha value is -0.120. The van der Waals surface area contributed by atoms with Crippen molar-refractivity contribution in [3.8, 4) is 0 Å². The van der Waals surface area contributed by atoms with Gasteiger partial charge in [-0.2, -0.15) is 0 Å². The summed E-state index contributed by atoms with van der Waals surface area (Å²) in [5.74, 6) is 0. The third kappa shape index (κ3) is 9.57. The van der Waals surface area contributed by atoms with Crippen molar-refractivity contribution in [2.75, 3.05) is 61.9 Å². The molecular formula is C14H32N3. The molecule has 0 aromatic heterocycles. The SMILES string of the molecule is [CH2]C(CCN(C)C)(CCN(C)C)CCN(C)C. The zero-order chi connectivity index (χ0) is 13.5. The maximum Gasteiger partial charge on any atom is -0.00195 e. The molecule has 103 valence electrons. The van der Waals surface area contributed by atoms with E-state index in [0.29, 0.717) is 0 Å². The predicted molar refractivity (Wildman–Crippen MR) is 77.3 cm³/mol. The van der Waals surface area contributed by atoms with Crippen LogP contribution in [0.1, 0.15) is 19.3 Å². The summed E-state index contributed by atoms with van der Waals surface area (Å²) in [7, 11) is 12.8. The van der Waals surface area contributed by atoms with Crippen LogP contribution in [0.15, 0.2) is 0 Å². The molecule has 0 aromatic carbocycles. The molecule has 0 bridgehead atoms. The predicted octanol–water partition coefficient (Wildman–Crippen LogP) is 1.66. The average Bonchev–Trinajstić information content (AvgIpc) is 2.21. The van der Waals surface area contributed by atoms with Gasteiger partial charge >= 0.3 is 0 Å². The molecule has 3 heteroatoms. The minimum atomic E-state index is 0.221. The van der Waals surface area contributed by atoms with Crippen LogP contribution in [0.25, 0.3) is 0 Å². The van der Waals surface area contributed by atoms with E-state index in [-0.39, 0.29) is 5.41 Å². The van der Waals surface area contributed by atoms with E-state index in [0.717, 1.165) is 19.6 Å². The number of hydrogen-bond donors (Lipinski definition) is 0. The first kappa shape index (κ1) is 16.9. The summed E-state index contributed by atoms with van der Waals surface area (Å²) in [5.41, 5.74) is 0.221. The first-order chi connectivity index (χ1) is 7.75. The lowest BCUT2D eigenvalue weighted by Gasteiger charge is -2.33. The maximum atomic E-state index is 4.51. The summed E-state index contributed by atoms with van der Waals surface area (Å²) in [6.07, 6.45) is 3.55. The van der Waals surface area contributed by atoms with Crippen molar-refractivity contribution in [2.45, 2.75) is 19.3 Å². The summed E-state index contributed by atoms with van der Waals surface area (Å²) in [6.45, 7) is 7.89. The van der Waals surface area contributed by atoms with Crippen molar-refractivity contribution >= 4 is 0 Å². The van der Waals surface area contributed by atoms with Gasteiger partial charge in [0.05, 0.1) is 0 Å². The molecule has 3 nitrogen and oxygen atoms in total. The Balaban J connectivity index is 4.23. The van der Waals surface area contributed by atoms with Crippen LogP contribution in [0.3, 0.4) is 0 Å². The van der Waals surface area contributed by atoms with Gasteiger partial charge in [-0.3, -0.25) is 0 Å². The molecule has 0 saturated heterocycles. The van der Waals surface area contributed by atoms with E-state index in [2.05, 4.69) is 63.9 Å². The Morgan fingerprint density at radius 1 is 0.647 bits per heavy atom. The second-order valence-corrected chi connectivity index (χ2v) is 6.16. The fourth-order valence-corrected chi connectivity index (χ4v) is 1.76. The van der Waals surface area contributed by atoms with E-state index in [1.54, 1.807) is 0 Å². The highest BCUT2D eigenvalue weighted by Gasteiger charge is 2.24. The quantitative estimate of drug-likeness (QED) is 0.609. The minimum absolute atomic E-state index is 0.221. The summed E-state index contributed by atoms with van der Waals surface area (Å²) in [4.78, 5) is 6.77. The summed E-state index contributed by atoms with van der Waals surface area (Å²) < 4.78 is 0. The third-order valence-corrected chi connectivity index (χ3v) is 3.27. The highest BCUT2D eigenvalue weighted by Crippen LogP contribution is 2.30. The van der Waals surface area contributed by atoms with Gasteiger partial charge in [0.1, 0.15) is 0 Å².